The van der Waals surface area contributed by atoms with Crippen LogP contribution in [0.25, 0.3) is 22.2 Å². The Hall–Kier alpha value is -3.94. The quantitative estimate of drug-likeness (QED) is 0.537. The lowest BCUT2D eigenvalue weighted by Gasteiger charge is -2.33. The van der Waals surface area contributed by atoms with E-state index < -0.39 is 0 Å². The highest BCUT2D eigenvalue weighted by Gasteiger charge is 2.27. The standard InChI is InChI=1S/C24H23N5O3/c1-32-18-8-4-6-16(12-18)21-13-22(27-26-21)24(31)28-11-5-7-17(14-28)29-15-25-20-10-3-2-9-19(20)23(29)30/h2-4,6,8-10,12-13,15,17H,5,7,11,14H2,1H3,(H,26,27). The van der Waals surface area contributed by atoms with Crippen LogP contribution in [-0.2, 0) is 0 Å². The summed E-state index contributed by atoms with van der Waals surface area (Å²) in [7, 11) is 1.61. The third-order valence-electron chi connectivity index (χ3n) is 5.94. The number of rotatable bonds is 4. The van der Waals surface area contributed by atoms with Gasteiger partial charge in [0, 0.05) is 18.7 Å². The van der Waals surface area contributed by atoms with Gasteiger partial charge in [-0.1, -0.05) is 24.3 Å². The Morgan fingerprint density at radius 2 is 2.03 bits per heavy atom. The maximum Gasteiger partial charge on any atom is 0.271 e. The molecule has 1 N–H and O–H groups in total. The van der Waals surface area contributed by atoms with Crippen LogP contribution < -0.4 is 10.3 Å². The van der Waals surface area contributed by atoms with Gasteiger partial charge in [0.25, 0.3) is 11.5 Å². The largest absolute Gasteiger partial charge is 0.497 e. The molecule has 0 spiro atoms. The molecule has 0 radical (unpaired) electrons. The Morgan fingerprint density at radius 1 is 1.16 bits per heavy atom. The van der Waals surface area contributed by atoms with Gasteiger partial charge >= 0.3 is 0 Å². The van der Waals surface area contributed by atoms with Gasteiger partial charge in [0.2, 0.25) is 0 Å². The van der Waals surface area contributed by atoms with Gasteiger partial charge in [-0.15, -0.1) is 0 Å². The lowest BCUT2D eigenvalue weighted by molar-refractivity contribution is 0.0671. The number of hydrogen-bond donors (Lipinski definition) is 1. The second kappa shape index (κ2) is 8.30. The van der Waals surface area contributed by atoms with Crippen molar-refractivity contribution in [2.75, 3.05) is 20.2 Å². The van der Waals surface area contributed by atoms with Crippen LogP contribution in [0.5, 0.6) is 5.75 Å². The molecule has 2 aromatic carbocycles. The Kier molecular flexibility index (Phi) is 5.18. The summed E-state index contributed by atoms with van der Waals surface area (Å²) in [5.41, 5.74) is 2.57. The number of fused-ring (bicyclic) bond motifs is 1. The fraction of sp³-hybridized carbons (Fsp3) is 0.250. The van der Waals surface area contributed by atoms with Crippen LogP contribution in [0.2, 0.25) is 0 Å². The fourth-order valence-electron chi connectivity index (χ4n) is 4.24. The lowest BCUT2D eigenvalue weighted by atomic mass is 10.0. The maximum atomic E-state index is 13.2. The van der Waals surface area contributed by atoms with E-state index in [1.54, 1.807) is 35.0 Å². The molecule has 0 aliphatic carbocycles. The zero-order valence-corrected chi connectivity index (χ0v) is 17.7. The summed E-state index contributed by atoms with van der Waals surface area (Å²) in [5, 5.41) is 7.77. The molecular weight excluding hydrogens is 406 g/mol. The number of benzene rings is 2. The zero-order valence-electron chi connectivity index (χ0n) is 17.7. The van der Waals surface area contributed by atoms with E-state index >= 15 is 0 Å². The molecule has 1 amide bonds. The maximum absolute atomic E-state index is 13.2. The molecule has 2 aromatic heterocycles. The minimum Gasteiger partial charge on any atom is -0.497 e. The summed E-state index contributed by atoms with van der Waals surface area (Å²) >= 11 is 0. The Bertz CT molecular complexity index is 1340. The highest BCUT2D eigenvalue weighted by Crippen LogP contribution is 2.25. The van der Waals surface area contributed by atoms with Crippen LogP contribution in [0.4, 0.5) is 0 Å². The van der Waals surface area contributed by atoms with Gasteiger partial charge in [-0.25, -0.2) is 4.98 Å². The van der Waals surface area contributed by atoms with Crippen LogP contribution in [0.1, 0.15) is 29.4 Å². The van der Waals surface area contributed by atoms with Crippen LogP contribution in [0, 0.1) is 0 Å². The molecule has 1 saturated heterocycles. The summed E-state index contributed by atoms with van der Waals surface area (Å²) in [5.74, 6) is 0.602. The monoisotopic (exact) mass is 429 g/mol. The molecule has 1 unspecified atom stereocenters. The molecule has 0 bridgehead atoms. The van der Waals surface area contributed by atoms with Crippen LogP contribution in [0.3, 0.4) is 0 Å². The van der Waals surface area contributed by atoms with Gasteiger partial charge in [-0.2, -0.15) is 5.10 Å². The molecule has 8 nitrogen and oxygen atoms in total. The number of aromatic nitrogens is 4. The smallest absolute Gasteiger partial charge is 0.271 e. The van der Waals surface area contributed by atoms with Crippen molar-refractivity contribution in [3.05, 3.63) is 77.0 Å². The SMILES string of the molecule is COc1cccc(-c2cc(C(=O)N3CCCC(n4cnc5ccccc5c4=O)C3)[nH]n2)c1. The fourth-order valence-corrected chi connectivity index (χ4v) is 4.24. The predicted molar refractivity (Wildman–Crippen MR) is 121 cm³/mol. The topological polar surface area (TPSA) is 93.1 Å². The number of H-pyrrole nitrogens is 1. The second-order valence-electron chi connectivity index (χ2n) is 7.92. The summed E-state index contributed by atoms with van der Waals surface area (Å²) < 4.78 is 6.93. The molecule has 1 atom stereocenters. The summed E-state index contributed by atoms with van der Waals surface area (Å²) in [4.78, 5) is 32.4. The molecule has 8 heteroatoms. The number of nitrogens with zero attached hydrogens (tertiary/aromatic N) is 4. The minimum atomic E-state index is -0.127. The van der Waals surface area contributed by atoms with Gasteiger partial charge in [0.1, 0.15) is 11.4 Å². The van der Waals surface area contributed by atoms with Gasteiger partial charge in [0.05, 0.1) is 36.1 Å². The van der Waals surface area contributed by atoms with E-state index in [0.717, 1.165) is 24.2 Å². The van der Waals surface area contributed by atoms with Crippen LogP contribution in [-0.4, -0.2) is 50.8 Å². The van der Waals surface area contributed by atoms with Gasteiger partial charge in [-0.05, 0) is 43.2 Å². The Morgan fingerprint density at radius 3 is 2.91 bits per heavy atom. The first-order chi connectivity index (χ1) is 15.6. The third kappa shape index (κ3) is 3.64. The van der Waals surface area contributed by atoms with E-state index in [0.29, 0.717) is 35.4 Å². The Balaban J connectivity index is 1.37. The number of carbonyl (C=O) groups is 1. The third-order valence-corrected chi connectivity index (χ3v) is 5.94. The number of piperidine rings is 1. The van der Waals surface area contributed by atoms with E-state index in [-0.39, 0.29) is 17.5 Å². The number of ether oxygens (including phenoxy) is 1. The average molecular weight is 429 g/mol. The number of methoxy groups -OCH3 is 1. The average Bonchev–Trinajstić information content (AvgIpc) is 3.34. The number of nitrogens with one attached hydrogen (secondary N) is 1. The molecule has 1 aliphatic rings. The highest BCUT2D eigenvalue weighted by molar-refractivity contribution is 5.93. The number of aromatic amines is 1. The first kappa shape index (κ1) is 20.0. The lowest BCUT2D eigenvalue weighted by Crippen LogP contribution is -2.43. The van der Waals surface area contributed by atoms with Gasteiger partial charge in [-0.3, -0.25) is 19.3 Å². The zero-order chi connectivity index (χ0) is 22.1. The summed E-state index contributed by atoms with van der Waals surface area (Å²) in [6.45, 7) is 1.09. The molecule has 3 heterocycles. The van der Waals surface area contributed by atoms with Crippen molar-refractivity contribution in [2.45, 2.75) is 18.9 Å². The molecule has 0 saturated carbocycles. The molecule has 1 fully saturated rings. The molecular formula is C24H23N5O3. The van der Waals surface area contributed by atoms with E-state index in [1.165, 1.54) is 0 Å². The van der Waals surface area contributed by atoms with E-state index in [2.05, 4.69) is 15.2 Å². The second-order valence-corrected chi connectivity index (χ2v) is 7.92. The van der Waals surface area contributed by atoms with Crippen molar-refractivity contribution >= 4 is 16.8 Å². The van der Waals surface area contributed by atoms with E-state index in [4.69, 9.17) is 4.74 Å². The number of para-hydroxylation sites is 1. The Labute approximate surface area is 184 Å². The van der Waals surface area contributed by atoms with Crippen molar-refractivity contribution in [1.29, 1.82) is 0 Å². The van der Waals surface area contributed by atoms with Crippen molar-refractivity contribution in [3.8, 4) is 17.0 Å². The number of hydrogen-bond acceptors (Lipinski definition) is 5. The minimum absolute atomic E-state index is 0.0725. The van der Waals surface area contributed by atoms with E-state index in [9.17, 15) is 9.59 Å². The number of carbonyl (C=O) groups excluding carboxylic acids is 1. The van der Waals surface area contributed by atoms with Crippen LogP contribution in [0.15, 0.2) is 65.7 Å². The summed E-state index contributed by atoms with van der Waals surface area (Å²) in [6.07, 6.45) is 3.23. The summed E-state index contributed by atoms with van der Waals surface area (Å²) in [6, 6.07) is 16.5. The van der Waals surface area contributed by atoms with E-state index in [1.807, 2.05) is 42.5 Å². The van der Waals surface area contributed by atoms with Crippen molar-refractivity contribution in [3.63, 3.8) is 0 Å². The predicted octanol–water partition coefficient (Wildman–Crippen LogP) is 3.27. The van der Waals surface area contributed by atoms with Crippen molar-refractivity contribution in [2.24, 2.45) is 0 Å². The molecule has 1 aliphatic heterocycles. The molecule has 4 aromatic rings. The molecule has 5 rings (SSSR count). The first-order valence-electron chi connectivity index (χ1n) is 10.6. The van der Waals surface area contributed by atoms with Crippen molar-refractivity contribution < 1.29 is 9.53 Å². The highest BCUT2D eigenvalue weighted by atomic mass is 16.5. The molecule has 162 valence electrons. The molecule has 32 heavy (non-hydrogen) atoms. The van der Waals surface area contributed by atoms with Crippen LogP contribution >= 0.6 is 0 Å². The number of amides is 1. The van der Waals surface area contributed by atoms with Gasteiger partial charge < -0.3 is 9.64 Å². The van der Waals surface area contributed by atoms with Crippen molar-refractivity contribution in [1.82, 2.24) is 24.6 Å². The number of likely N-dealkylation sites (tertiary alicyclic amines) is 1. The van der Waals surface area contributed by atoms with Gasteiger partial charge in [0.15, 0.2) is 0 Å². The normalized spacial score (nSPS) is 16.3. The first-order valence-corrected chi connectivity index (χ1v) is 10.6.